The molecule has 0 spiro atoms. The molecule has 14 heavy (non-hydrogen) atoms. The van der Waals surface area contributed by atoms with Crippen LogP contribution in [0.2, 0.25) is 0 Å². The monoisotopic (exact) mass is 254 g/mol. The zero-order valence-corrected chi connectivity index (χ0v) is 10.2. The lowest BCUT2D eigenvalue weighted by atomic mass is 10.0. The first-order chi connectivity index (χ1) is 6.72. The molecule has 0 aliphatic heterocycles. The highest BCUT2D eigenvalue weighted by atomic mass is 79.9. The molecule has 1 fully saturated rings. The van der Waals surface area contributed by atoms with E-state index in [1.54, 1.807) is 7.11 Å². The fraction of sp³-hybridized carbons (Fsp3) is 0.500. The summed E-state index contributed by atoms with van der Waals surface area (Å²) in [6.45, 7) is 2.12. The van der Waals surface area contributed by atoms with E-state index < -0.39 is 0 Å². The zero-order valence-electron chi connectivity index (χ0n) is 8.59. The van der Waals surface area contributed by atoms with E-state index in [1.165, 1.54) is 24.0 Å². The maximum atomic E-state index is 5.37. The Morgan fingerprint density at radius 1 is 1.43 bits per heavy atom. The summed E-state index contributed by atoms with van der Waals surface area (Å²) in [4.78, 5) is 0.470. The van der Waals surface area contributed by atoms with Gasteiger partial charge in [0.25, 0.3) is 0 Å². The van der Waals surface area contributed by atoms with Gasteiger partial charge in [-0.05, 0) is 31.7 Å². The topological polar surface area (TPSA) is 9.23 Å². The van der Waals surface area contributed by atoms with Crippen molar-refractivity contribution < 1.29 is 4.74 Å². The third-order valence-corrected chi connectivity index (χ3v) is 3.96. The second kappa shape index (κ2) is 3.93. The third-order valence-electron chi connectivity index (χ3n) is 2.72. The van der Waals surface area contributed by atoms with Crippen LogP contribution in [-0.4, -0.2) is 7.11 Å². The molecular weight excluding hydrogens is 240 g/mol. The molecular formula is C12H15BrO. The molecule has 1 saturated carbocycles. The van der Waals surface area contributed by atoms with Crippen LogP contribution in [0.3, 0.4) is 0 Å². The summed E-state index contributed by atoms with van der Waals surface area (Å²) in [7, 11) is 1.74. The summed E-state index contributed by atoms with van der Waals surface area (Å²) in [6, 6.07) is 6.37. The van der Waals surface area contributed by atoms with Crippen LogP contribution in [0.25, 0.3) is 0 Å². The summed E-state index contributed by atoms with van der Waals surface area (Å²) < 4.78 is 5.37. The quantitative estimate of drug-likeness (QED) is 0.745. The van der Waals surface area contributed by atoms with Crippen LogP contribution in [0.15, 0.2) is 18.2 Å². The molecule has 76 valence electrons. The Hall–Kier alpha value is -0.500. The molecule has 1 aliphatic carbocycles. The molecule has 2 rings (SSSR count). The van der Waals surface area contributed by atoms with Crippen molar-refractivity contribution in [3.63, 3.8) is 0 Å². The molecule has 0 bridgehead atoms. The molecule has 1 atom stereocenters. The lowest BCUT2D eigenvalue weighted by Gasteiger charge is -2.14. The molecule has 1 unspecified atom stereocenters. The van der Waals surface area contributed by atoms with Crippen molar-refractivity contribution in [1.82, 2.24) is 0 Å². The minimum Gasteiger partial charge on any atom is -0.496 e. The largest absolute Gasteiger partial charge is 0.496 e. The summed E-state index contributed by atoms with van der Waals surface area (Å²) in [6.07, 6.45) is 2.68. The molecule has 0 N–H and O–H groups in total. The lowest BCUT2D eigenvalue weighted by Crippen LogP contribution is -1.97. The van der Waals surface area contributed by atoms with Crippen LogP contribution in [0.4, 0.5) is 0 Å². The number of halogens is 1. The summed E-state index contributed by atoms with van der Waals surface area (Å²) in [5, 5.41) is 0. The van der Waals surface area contributed by atoms with Crippen LogP contribution in [0.1, 0.15) is 28.8 Å². The minimum atomic E-state index is 0.470. The summed E-state index contributed by atoms with van der Waals surface area (Å²) >= 11 is 3.76. The molecule has 1 aromatic rings. The number of benzene rings is 1. The van der Waals surface area contributed by atoms with E-state index in [2.05, 4.69) is 41.1 Å². The van der Waals surface area contributed by atoms with Gasteiger partial charge in [-0.1, -0.05) is 33.6 Å². The van der Waals surface area contributed by atoms with Gasteiger partial charge in [0, 0.05) is 10.4 Å². The van der Waals surface area contributed by atoms with E-state index in [9.17, 15) is 0 Å². The van der Waals surface area contributed by atoms with Gasteiger partial charge < -0.3 is 4.74 Å². The highest BCUT2D eigenvalue weighted by molar-refractivity contribution is 9.09. The average molecular weight is 255 g/mol. The van der Waals surface area contributed by atoms with Crippen molar-refractivity contribution in [1.29, 1.82) is 0 Å². The van der Waals surface area contributed by atoms with E-state index in [1.807, 2.05) is 0 Å². The van der Waals surface area contributed by atoms with Crippen molar-refractivity contribution in [2.24, 2.45) is 5.92 Å². The number of aryl methyl sites for hydroxylation is 1. The van der Waals surface area contributed by atoms with Gasteiger partial charge in [-0.3, -0.25) is 0 Å². The summed E-state index contributed by atoms with van der Waals surface area (Å²) in [5.41, 5.74) is 2.60. The van der Waals surface area contributed by atoms with Gasteiger partial charge in [0.1, 0.15) is 5.75 Å². The molecule has 0 heterocycles. The number of rotatable bonds is 3. The van der Waals surface area contributed by atoms with Gasteiger partial charge in [0.05, 0.1) is 7.11 Å². The smallest absolute Gasteiger partial charge is 0.123 e. The Morgan fingerprint density at radius 2 is 2.14 bits per heavy atom. The first-order valence-corrected chi connectivity index (χ1v) is 5.92. The number of hydrogen-bond acceptors (Lipinski definition) is 1. The van der Waals surface area contributed by atoms with Crippen molar-refractivity contribution in [2.45, 2.75) is 24.6 Å². The normalized spacial score (nSPS) is 17.9. The van der Waals surface area contributed by atoms with Crippen molar-refractivity contribution in [2.75, 3.05) is 7.11 Å². The Morgan fingerprint density at radius 3 is 2.71 bits per heavy atom. The predicted molar refractivity (Wildman–Crippen MR) is 62.1 cm³/mol. The molecule has 2 heteroatoms. The average Bonchev–Trinajstić information content (AvgIpc) is 3.00. The fourth-order valence-corrected chi connectivity index (χ4v) is 2.60. The number of hydrogen-bond donors (Lipinski definition) is 0. The summed E-state index contributed by atoms with van der Waals surface area (Å²) in [5.74, 6) is 1.81. The molecule has 1 nitrogen and oxygen atoms in total. The molecule has 1 aromatic carbocycles. The second-order valence-corrected chi connectivity index (χ2v) is 4.97. The van der Waals surface area contributed by atoms with E-state index in [0.29, 0.717) is 4.83 Å². The van der Waals surface area contributed by atoms with Gasteiger partial charge in [0.2, 0.25) is 0 Å². The lowest BCUT2D eigenvalue weighted by molar-refractivity contribution is 0.408. The SMILES string of the molecule is COc1ccc(C)cc1C(Br)C1CC1. The third kappa shape index (κ3) is 1.95. The number of alkyl halides is 1. The van der Waals surface area contributed by atoms with Gasteiger partial charge in [-0.2, -0.15) is 0 Å². The van der Waals surface area contributed by atoms with E-state index in [4.69, 9.17) is 4.74 Å². The molecule has 0 amide bonds. The van der Waals surface area contributed by atoms with E-state index in [0.717, 1.165) is 11.7 Å². The minimum absolute atomic E-state index is 0.470. The Bertz CT molecular complexity index is 331. The highest BCUT2D eigenvalue weighted by Crippen LogP contribution is 2.48. The first kappa shape index (κ1) is 10.0. The van der Waals surface area contributed by atoms with Gasteiger partial charge in [0.15, 0.2) is 0 Å². The maximum absolute atomic E-state index is 5.37. The Balaban J connectivity index is 2.32. The van der Waals surface area contributed by atoms with Crippen molar-refractivity contribution >= 4 is 15.9 Å². The van der Waals surface area contributed by atoms with Crippen LogP contribution < -0.4 is 4.74 Å². The van der Waals surface area contributed by atoms with Crippen molar-refractivity contribution in [3.05, 3.63) is 29.3 Å². The molecule has 0 radical (unpaired) electrons. The molecule has 0 saturated heterocycles. The van der Waals surface area contributed by atoms with Crippen LogP contribution >= 0.6 is 15.9 Å². The van der Waals surface area contributed by atoms with E-state index >= 15 is 0 Å². The highest BCUT2D eigenvalue weighted by Gasteiger charge is 2.31. The Labute approximate surface area is 93.6 Å². The van der Waals surface area contributed by atoms with E-state index in [-0.39, 0.29) is 0 Å². The number of ether oxygens (including phenoxy) is 1. The first-order valence-electron chi connectivity index (χ1n) is 5.01. The van der Waals surface area contributed by atoms with Gasteiger partial charge in [-0.15, -0.1) is 0 Å². The Kier molecular flexibility index (Phi) is 2.82. The molecule has 1 aliphatic rings. The van der Waals surface area contributed by atoms with Gasteiger partial charge >= 0.3 is 0 Å². The second-order valence-electron chi connectivity index (χ2n) is 3.98. The van der Waals surface area contributed by atoms with Crippen LogP contribution in [0, 0.1) is 12.8 Å². The predicted octanol–water partition coefficient (Wildman–Crippen LogP) is 3.85. The maximum Gasteiger partial charge on any atom is 0.123 e. The fourth-order valence-electron chi connectivity index (χ4n) is 1.71. The molecule has 0 aromatic heterocycles. The number of methoxy groups -OCH3 is 1. The van der Waals surface area contributed by atoms with Crippen molar-refractivity contribution in [3.8, 4) is 5.75 Å². The zero-order chi connectivity index (χ0) is 10.1. The van der Waals surface area contributed by atoms with Crippen LogP contribution in [0.5, 0.6) is 5.75 Å². The van der Waals surface area contributed by atoms with Crippen LogP contribution in [-0.2, 0) is 0 Å². The standard InChI is InChI=1S/C12H15BrO/c1-8-3-6-11(14-2)10(7-8)12(13)9-4-5-9/h3,6-7,9,12H,4-5H2,1-2H3. The van der Waals surface area contributed by atoms with Gasteiger partial charge in [-0.25, -0.2) is 0 Å².